The summed E-state index contributed by atoms with van der Waals surface area (Å²) < 4.78 is 0. The van der Waals surface area contributed by atoms with Crippen LogP contribution < -0.4 is 5.32 Å². The van der Waals surface area contributed by atoms with E-state index in [1.807, 2.05) is 32.6 Å². The van der Waals surface area contributed by atoms with E-state index in [2.05, 4.69) is 5.32 Å². The number of carboxylic acids is 1. The minimum Gasteiger partial charge on any atom is -0.481 e. The fourth-order valence-electron chi connectivity index (χ4n) is 2.68. The van der Waals surface area contributed by atoms with E-state index < -0.39 is 11.4 Å². The van der Waals surface area contributed by atoms with Crippen molar-refractivity contribution in [2.45, 2.75) is 58.9 Å². The van der Waals surface area contributed by atoms with Crippen molar-refractivity contribution >= 4 is 11.9 Å². The van der Waals surface area contributed by atoms with Gasteiger partial charge in [-0.3, -0.25) is 14.5 Å². The first-order valence-corrected chi connectivity index (χ1v) is 7.51. The molecule has 1 heterocycles. The minimum atomic E-state index is -0.737. The largest absolute Gasteiger partial charge is 0.481 e. The molecule has 1 fully saturated rings. The van der Waals surface area contributed by atoms with Gasteiger partial charge in [-0.15, -0.1) is 0 Å². The van der Waals surface area contributed by atoms with Crippen molar-refractivity contribution in [2.75, 3.05) is 19.6 Å². The fraction of sp³-hybridized carbons (Fsp3) is 0.867. The molecule has 0 saturated carbocycles. The molecule has 20 heavy (non-hydrogen) atoms. The summed E-state index contributed by atoms with van der Waals surface area (Å²) in [6.07, 6.45) is 3.02. The SMILES string of the molecule is CCC(C)(C)NC(=O)CN1CCCC(CC)(C(=O)O)C1. The van der Waals surface area contributed by atoms with Gasteiger partial charge in [-0.2, -0.15) is 0 Å². The average molecular weight is 284 g/mol. The molecular weight excluding hydrogens is 256 g/mol. The second-order valence-electron chi connectivity index (χ2n) is 6.54. The third-order valence-corrected chi connectivity index (χ3v) is 4.52. The van der Waals surface area contributed by atoms with Crippen LogP contribution >= 0.6 is 0 Å². The Morgan fingerprint density at radius 3 is 2.50 bits per heavy atom. The molecule has 2 N–H and O–H groups in total. The lowest BCUT2D eigenvalue weighted by molar-refractivity contribution is -0.153. The van der Waals surface area contributed by atoms with Gasteiger partial charge in [-0.1, -0.05) is 13.8 Å². The summed E-state index contributed by atoms with van der Waals surface area (Å²) in [5.74, 6) is -0.756. The zero-order valence-electron chi connectivity index (χ0n) is 13.2. The van der Waals surface area contributed by atoms with Crippen molar-refractivity contribution in [3.05, 3.63) is 0 Å². The van der Waals surface area contributed by atoms with Crippen LogP contribution in [0.3, 0.4) is 0 Å². The van der Waals surface area contributed by atoms with E-state index in [9.17, 15) is 14.7 Å². The molecule has 116 valence electrons. The molecule has 0 spiro atoms. The van der Waals surface area contributed by atoms with E-state index in [1.54, 1.807) is 0 Å². The lowest BCUT2D eigenvalue weighted by Crippen LogP contribution is -2.52. The van der Waals surface area contributed by atoms with Gasteiger partial charge in [0.25, 0.3) is 0 Å². The topological polar surface area (TPSA) is 69.6 Å². The van der Waals surface area contributed by atoms with E-state index in [0.29, 0.717) is 25.9 Å². The van der Waals surface area contributed by atoms with E-state index in [-0.39, 0.29) is 11.4 Å². The normalized spacial score (nSPS) is 24.4. The minimum absolute atomic E-state index is 0.0193. The molecule has 0 aromatic carbocycles. The van der Waals surface area contributed by atoms with Gasteiger partial charge in [0.05, 0.1) is 12.0 Å². The predicted molar refractivity (Wildman–Crippen MR) is 78.5 cm³/mol. The van der Waals surface area contributed by atoms with Crippen molar-refractivity contribution in [2.24, 2.45) is 5.41 Å². The van der Waals surface area contributed by atoms with Crippen molar-refractivity contribution in [3.8, 4) is 0 Å². The van der Waals surface area contributed by atoms with Crippen LogP contribution in [0.2, 0.25) is 0 Å². The first-order chi connectivity index (χ1) is 9.24. The lowest BCUT2D eigenvalue weighted by atomic mass is 9.77. The summed E-state index contributed by atoms with van der Waals surface area (Å²) in [7, 11) is 0. The number of carbonyl (C=O) groups excluding carboxylic acids is 1. The number of rotatable bonds is 6. The highest BCUT2D eigenvalue weighted by Gasteiger charge is 2.41. The molecule has 0 aliphatic carbocycles. The number of amides is 1. The number of piperidine rings is 1. The Kier molecular flexibility index (Phi) is 5.57. The number of hydrogen-bond acceptors (Lipinski definition) is 3. The van der Waals surface area contributed by atoms with Crippen molar-refractivity contribution in [3.63, 3.8) is 0 Å². The van der Waals surface area contributed by atoms with Gasteiger partial charge in [-0.05, 0) is 46.1 Å². The van der Waals surface area contributed by atoms with Gasteiger partial charge in [0.2, 0.25) is 5.91 Å². The third-order valence-electron chi connectivity index (χ3n) is 4.52. The zero-order chi connectivity index (χ0) is 15.4. The summed E-state index contributed by atoms with van der Waals surface area (Å²) in [5.41, 5.74) is -0.889. The van der Waals surface area contributed by atoms with Gasteiger partial charge < -0.3 is 10.4 Å². The highest BCUT2D eigenvalue weighted by molar-refractivity contribution is 5.79. The molecule has 0 aromatic rings. The molecule has 0 radical (unpaired) electrons. The molecule has 5 heteroatoms. The average Bonchev–Trinajstić information content (AvgIpc) is 2.37. The third kappa shape index (κ3) is 4.20. The summed E-state index contributed by atoms with van der Waals surface area (Å²) >= 11 is 0. The van der Waals surface area contributed by atoms with Crippen LogP contribution in [0.5, 0.6) is 0 Å². The molecule has 1 rings (SSSR count). The number of carbonyl (C=O) groups is 2. The predicted octanol–water partition coefficient (Wildman–Crippen LogP) is 1.87. The van der Waals surface area contributed by atoms with Crippen LogP contribution in [-0.2, 0) is 9.59 Å². The maximum Gasteiger partial charge on any atom is 0.310 e. The monoisotopic (exact) mass is 284 g/mol. The van der Waals surface area contributed by atoms with E-state index in [1.165, 1.54) is 0 Å². The number of hydrogen-bond donors (Lipinski definition) is 2. The Morgan fingerprint density at radius 1 is 1.35 bits per heavy atom. The highest BCUT2D eigenvalue weighted by Crippen LogP contribution is 2.33. The van der Waals surface area contributed by atoms with E-state index >= 15 is 0 Å². The molecule has 5 nitrogen and oxygen atoms in total. The Morgan fingerprint density at radius 2 is 2.00 bits per heavy atom. The number of nitrogens with zero attached hydrogens (tertiary/aromatic N) is 1. The first kappa shape index (κ1) is 17.0. The van der Waals surface area contributed by atoms with Gasteiger partial charge in [-0.25, -0.2) is 0 Å². The fourth-order valence-corrected chi connectivity index (χ4v) is 2.68. The van der Waals surface area contributed by atoms with Crippen LogP contribution in [0.15, 0.2) is 0 Å². The summed E-state index contributed by atoms with van der Waals surface area (Å²) in [4.78, 5) is 25.5. The van der Waals surface area contributed by atoms with Gasteiger partial charge in [0.15, 0.2) is 0 Å². The van der Waals surface area contributed by atoms with Gasteiger partial charge in [0.1, 0.15) is 0 Å². The standard InChI is InChI=1S/C15H28N2O3/c1-5-14(3,4)16-12(18)10-17-9-7-8-15(6-2,11-17)13(19)20/h5-11H2,1-4H3,(H,16,18)(H,19,20). The van der Waals surface area contributed by atoms with Crippen LogP contribution in [0, 0.1) is 5.41 Å². The van der Waals surface area contributed by atoms with Crippen LogP contribution in [0.1, 0.15) is 53.4 Å². The van der Waals surface area contributed by atoms with Crippen molar-refractivity contribution in [1.82, 2.24) is 10.2 Å². The molecule has 1 atom stereocenters. The molecule has 1 unspecified atom stereocenters. The quantitative estimate of drug-likeness (QED) is 0.781. The van der Waals surface area contributed by atoms with Crippen LogP contribution in [0.4, 0.5) is 0 Å². The summed E-state index contributed by atoms with van der Waals surface area (Å²) in [6, 6.07) is 0. The molecule has 1 saturated heterocycles. The smallest absolute Gasteiger partial charge is 0.310 e. The summed E-state index contributed by atoms with van der Waals surface area (Å²) in [5, 5.41) is 12.4. The molecule has 0 aromatic heterocycles. The number of likely N-dealkylation sites (tertiary alicyclic amines) is 1. The molecule has 1 aliphatic heterocycles. The Hall–Kier alpha value is -1.10. The van der Waals surface area contributed by atoms with Crippen LogP contribution in [-0.4, -0.2) is 47.1 Å². The van der Waals surface area contributed by atoms with Gasteiger partial charge in [0, 0.05) is 12.1 Å². The Bertz CT molecular complexity index is 368. The Balaban J connectivity index is 2.60. The molecule has 1 amide bonds. The molecule has 0 bridgehead atoms. The number of carboxylic acid groups (broad SMARTS) is 1. The van der Waals surface area contributed by atoms with Crippen molar-refractivity contribution < 1.29 is 14.7 Å². The number of aliphatic carboxylic acids is 1. The van der Waals surface area contributed by atoms with Gasteiger partial charge >= 0.3 is 5.97 Å². The zero-order valence-corrected chi connectivity index (χ0v) is 13.2. The first-order valence-electron chi connectivity index (χ1n) is 7.51. The second-order valence-corrected chi connectivity index (χ2v) is 6.54. The van der Waals surface area contributed by atoms with E-state index in [4.69, 9.17) is 0 Å². The van der Waals surface area contributed by atoms with Crippen molar-refractivity contribution in [1.29, 1.82) is 0 Å². The second kappa shape index (κ2) is 6.57. The van der Waals surface area contributed by atoms with E-state index in [0.717, 1.165) is 19.4 Å². The number of nitrogens with one attached hydrogen (secondary N) is 1. The summed E-state index contributed by atoms with van der Waals surface area (Å²) in [6.45, 7) is 9.50. The maximum absolute atomic E-state index is 12.1. The molecular formula is C15H28N2O3. The molecule has 1 aliphatic rings. The lowest BCUT2D eigenvalue weighted by Gasteiger charge is -2.39. The highest BCUT2D eigenvalue weighted by atomic mass is 16.4. The Labute approximate surface area is 121 Å². The maximum atomic E-state index is 12.1. The van der Waals surface area contributed by atoms with Crippen LogP contribution in [0.25, 0.3) is 0 Å².